The number of aliphatic hydroxyl groups is 1. The highest BCUT2D eigenvalue weighted by molar-refractivity contribution is 5.34. The first-order valence-corrected chi connectivity index (χ1v) is 9.43. The van der Waals surface area contributed by atoms with Crippen LogP contribution in [0.1, 0.15) is 46.0 Å². The first-order valence-electron chi connectivity index (χ1n) is 9.43. The zero-order valence-electron chi connectivity index (χ0n) is 14.6. The van der Waals surface area contributed by atoms with Crippen molar-refractivity contribution in [2.24, 2.45) is 17.3 Å². The van der Waals surface area contributed by atoms with E-state index in [1.165, 1.54) is 24.8 Å². The van der Waals surface area contributed by atoms with Gasteiger partial charge in [-0.1, -0.05) is 20.3 Å². The molecular weight excluding hydrogens is 290 g/mol. The average molecular weight is 321 g/mol. The third-order valence-electron chi connectivity index (χ3n) is 6.89. The fraction of sp³-hybridized carbons (Fsp3) is 0.895. The Morgan fingerprint density at radius 3 is 2.78 bits per heavy atom. The molecule has 130 valence electrons. The van der Waals surface area contributed by atoms with Crippen molar-refractivity contribution in [1.29, 1.82) is 0 Å². The first kappa shape index (κ1) is 15.9. The number of rotatable bonds is 2. The standard InChI is InChI=1S/C19H31NO3/c1-14-4-3-5-18(2)6-7-19(21)15(13-23-17(19)16(14)18)12-20-8-10-22-11-9-20/h14-15,21H,3-13H2,1-2H3/t14?,15?,18-,19-/m1/s1. The SMILES string of the molecule is CC1CCC[C@]2(C)CC[C@]3(O)C(=C12)OCC3CN1CCOCC1. The first-order chi connectivity index (χ1) is 11.0. The second-order valence-electron chi connectivity index (χ2n) is 8.44. The summed E-state index contributed by atoms with van der Waals surface area (Å²) in [4.78, 5) is 2.43. The van der Waals surface area contributed by atoms with Gasteiger partial charge < -0.3 is 14.6 Å². The molecule has 4 heteroatoms. The van der Waals surface area contributed by atoms with Crippen LogP contribution in [0, 0.1) is 17.3 Å². The Balaban J connectivity index is 1.61. The zero-order chi connectivity index (χ0) is 16.1. The maximum atomic E-state index is 11.5. The van der Waals surface area contributed by atoms with E-state index in [2.05, 4.69) is 18.7 Å². The predicted molar refractivity (Wildman–Crippen MR) is 89.0 cm³/mol. The van der Waals surface area contributed by atoms with Gasteiger partial charge in [0.1, 0.15) is 11.4 Å². The van der Waals surface area contributed by atoms with Crippen molar-refractivity contribution < 1.29 is 14.6 Å². The molecule has 0 aromatic rings. The molecule has 2 aliphatic carbocycles. The van der Waals surface area contributed by atoms with Crippen molar-refractivity contribution in [2.75, 3.05) is 39.5 Å². The second-order valence-corrected chi connectivity index (χ2v) is 8.44. The topological polar surface area (TPSA) is 41.9 Å². The van der Waals surface area contributed by atoms with Gasteiger partial charge >= 0.3 is 0 Å². The molecule has 1 saturated carbocycles. The molecule has 4 rings (SSSR count). The van der Waals surface area contributed by atoms with E-state index in [4.69, 9.17) is 9.47 Å². The van der Waals surface area contributed by atoms with Crippen LogP contribution in [0.3, 0.4) is 0 Å². The third-order valence-corrected chi connectivity index (χ3v) is 6.89. The number of hydrogen-bond acceptors (Lipinski definition) is 4. The zero-order valence-corrected chi connectivity index (χ0v) is 14.6. The Bertz CT molecular complexity index is 499. The van der Waals surface area contributed by atoms with Crippen LogP contribution in [0.25, 0.3) is 0 Å². The highest BCUT2D eigenvalue weighted by Gasteiger charge is 2.56. The number of nitrogens with zero attached hydrogens (tertiary/aromatic N) is 1. The van der Waals surface area contributed by atoms with Crippen molar-refractivity contribution >= 4 is 0 Å². The molecule has 0 radical (unpaired) electrons. The molecule has 0 bridgehead atoms. The van der Waals surface area contributed by atoms with Gasteiger partial charge in [0.25, 0.3) is 0 Å². The largest absolute Gasteiger partial charge is 0.494 e. The molecule has 2 heterocycles. The maximum Gasteiger partial charge on any atom is 0.129 e. The maximum absolute atomic E-state index is 11.5. The molecular formula is C19H31NO3. The summed E-state index contributed by atoms with van der Waals surface area (Å²) in [6, 6.07) is 0. The molecule has 2 unspecified atom stereocenters. The van der Waals surface area contributed by atoms with Crippen LogP contribution in [0.15, 0.2) is 11.3 Å². The number of morpholine rings is 1. The van der Waals surface area contributed by atoms with Crippen molar-refractivity contribution in [2.45, 2.75) is 51.6 Å². The summed E-state index contributed by atoms with van der Waals surface area (Å²) >= 11 is 0. The highest BCUT2D eigenvalue weighted by atomic mass is 16.5. The molecule has 0 aromatic heterocycles. The van der Waals surface area contributed by atoms with E-state index in [0.29, 0.717) is 12.5 Å². The number of ether oxygens (including phenoxy) is 2. The van der Waals surface area contributed by atoms with Gasteiger partial charge in [0.05, 0.1) is 19.8 Å². The summed E-state index contributed by atoms with van der Waals surface area (Å²) in [5, 5.41) is 11.5. The molecule has 3 fully saturated rings. The van der Waals surface area contributed by atoms with Gasteiger partial charge in [-0.05, 0) is 42.6 Å². The molecule has 0 spiro atoms. The molecule has 4 aliphatic rings. The molecule has 4 nitrogen and oxygen atoms in total. The number of hydrogen-bond donors (Lipinski definition) is 1. The Hall–Kier alpha value is -0.580. The normalized spacial score (nSPS) is 44.7. The van der Waals surface area contributed by atoms with E-state index in [-0.39, 0.29) is 11.3 Å². The van der Waals surface area contributed by atoms with Crippen LogP contribution < -0.4 is 0 Å². The van der Waals surface area contributed by atoms with Crippen molar-refractivity contribution in [1.82, 2.24) is 4.90 Å². The molecule has 2 aliphatic heterocycles. The summed E-state index contributed by atoms with van der Waals surface area (Å²) in [5.41, 5.74) is 0.980. The monoisotopic (exact) mass is 321 g/mol. The highest BCUT2D eigenvalue weighted by Crippen LogP contribution is 2.57. The minimum atomic E-state index is -0.723. The molecule has 2 saturated heterocycles. The quantitative estimate of drug-likeness (QED) is 0.849. The molecule has 4 atom stereocenters. The molecule has 23 heavy (non-hydrogen) atoms. The molecule has 0 aromatic carbocycles. The van der Waals surface area contributed by atoms with Gasteiger partial charge in [-0.2, -0.15) is 0 Å². The predicted octanol–water partition coefficient (Wildman–Crippen LogP) is 2.57. The summed E-state index contributed by atoms with van der Waals surface area (Å²) in [6.07, 6.45) is 5.77. The van der Waals surface area contributed by atoms with Crippen LogP contribution in [0.4, 0.5) is 0 Å². The summed E-state index contributed by atoms with van der Waals surface area (Å²) < 4.78 is 11.6. The van der Waals surface area contributed by atoms with Crippen molar-refractivity contribution in [3.05, 3.63) is 11.3 Å². The lowest BCUT2D eigenvalue weighted by Crippen LogP contribution is -2.49. The Kier molecular flexibility index (Phi) is 3.98. The summed E-state index contributed by atoms with van der Waals surface area (Å²) in [7, 11) is 0. The lowest BCUT2D eigenvalue weighted by molar-refractivity contribution is -0.0280. The van der Waals surface area contributed by atoms with E-state index in [9.17, 15) is 5.11 Å². The lowest BCUT2D eigenvalue weighted by Gasteiger charge is -2.48. The average Bonchev–Trinajstić information content (AvgIpc) is 2.85. The van der Waals surface area contributed by atoms with Gasteiger partial charge in [-0.25, -0.2) is 0 Å². The minimum Gasteiger partial charge on any atom is -0.494 e. The minimum absolute atomic E-state index is 0.210. The fourth-order valence-corrected chi connectivity index (χ4v) is 5.46. The second kappa shape index (κ2) is 5.75. The van der Waals surface area contributed by atoms with E-state index in [1.807, 2.05) is 0 Å². The molecule has 0 amide bonds. The number of fused-ring (bicyclic) bond motifs is 2. The van der Waals surface area contributed by atoms with E-state index in [1.54, 1.807) is 0 Å². The van der Waals surface area contributed by atoms with Crippen molar-refractivity contribution in [3.8, 4) is 0 Å². The fourth-order valence-electron chi connectivity index (χ4n) is 5.46. The van der Waals surface area contributed by atoms with Crippen LogP contribution in [0.2, 0.25) is 0 Å². The molecule has 1 N–H and O–H groups in total. The van der Waals surface area contributed by atoms with E-state index < -0.39 is 5.60 Å². The van der Waals surface area contributed by atoms with Gasteiger partial charge in [0, 0.05) is 25.6 Å². The lowest BCUT2D eigenvalue weighted by atomic mass is 9.58. The van der Waals surface area contributed by atoms with E-state index in [0.717, 1.165) is 51.4 Å². The third kappa shape index (κ3) is 2.54. The van der Waals surface area contributed by atoms with Gasteiger partial charge in [0.2, 0.25) is 0 Å². The van der Waals surface area contributed by atoms with Crippen LogP contribution in [-0.4, -0.2) is 55.1 Å². The Labute approximate surface area is 139 Å². The van der Waals surface area contributed by atoms with Crippen molar-refractivity contribution in [3.63, 3.8) is 0 Å². The van der Waals surface area contributed by atoms with E-state index >= 15 is 0 Å². The van der Waals surface area contributed by atoms with Gasteiger partial charge in [-0.15, -0.1) is 0 Å². The summed E-state index contributed by atoms with van der Waals surface area (Å²) in [6.45, 7) is 9.91. The van der Waals surface area contributed by atoms with Crippen LogP contribution in [-0.2, 0) is 9.47 Å². The smallest absolute Gasteiger partial charge is 0.129 e. The Morgan fingerprint density at radius 2 is 2.00 bits per heavy atom. The van der Waals surface area contributed by atoms with Gasteiger partial charge in [0.15, 0.2) is 0 Å². The van der Waals surface area contributed by atoms with Crippen LogP contribution >= 0.6 is 0 Å². The Morgan fingerprint density at radius 1 is 1.22 bits per heavy atom. The number of allylic oxidation sites excluding steroid dienone is 1. The van der Waals surface area contributed by atoms with Gasteiger partial charge in [-0.3, -0.25) is 4.90 Å². The van der Waals surface area contributed by atoms with Crippen LogP contribution in [0.5, 0.6) is 0 Å². The summed E-state index contributed by atoms with van der Waals surface area (Å²) in [5.74, 6) is 1.73.